The van der Waals surface area contributed by atoms with Crippen molar-refractivity contribution in [1.29, 1.82) is 0 Å². The van der Waals surface area contributed by atoms with Gasteiger partial charge in [0.25, 0.3) is 5.91 Å². The highest BCUT2D eigenvalue weighted by Crippen LogP contribution is 2.23. The van der Waals surface area contributed by atoms with Gasteiger partial charge in [-0.1, -0.05) is 74.8 Å². The van der Waals surface area contributed by atoms with Crippen LogP contribution in [-0.2, 0) is 19.7 Å². The van der Waals surface area contributed by atoms with Crippen LogP contribution in [0.15, 0.2) is 65.6 Å². The van der Waals surface area contributed by atoms with E-state index in [-0.39, 0.29) is 49.1 Å². The molecule has 184 valence electrons. The summed E-state index contributed by atoms with van der Waals surface area (Å²) in [7, 11) is 0. The number of amides is 1. The molecule has 3 rings (SSSR count). The molecule has 0 fully saturated rings. The molecule has 8 heteroatoms. The van der Waals surface area contributed by atoms with E-state index >= 15 is 0 Å². The number of carbonyl (C=O) groups is 2. The third kappa shape index (κ3) is 6.59. The number of aliphatic hydroxyl groups is 1. The van der Waals surface area contributed by atoms with Crippen molar-refractivity contribution in [2.75, 3.05) is 6.61 Å². The van der Waals surface area contributed by atoms with Gasteiger partial charge in [0.1, 0.15) is 6.61 Å². The summed E-state index contributed by atoms with van der Waals surface area (Å²) in [4.78, 5) is 39.8. The Bertz CT molecular complexity index is 1260. The standard InChI is InChI=1S/C27H29ClN2O5/c1-27(2,3)25(33)21-16-30(12-13-31)22(26(34)29-15-19-10-7-11-20(28)14-19)24(23(21)32)35-17-18-8-5-4-6-9-18/h4-11,14,16,31H,12-13,15,17H2,1-3H3,(H,29,34). The molecular weight excluding hydrogens is 468 g/mol. The highest BCUT2D eigenvalue weighted by molar-refractivity contribution is 6.30. The lowest BCUT2D eigenvalue weighted by atomic mass is 9.86. The van der Waals surface area contributed by atoms with Crippen LogP contribution in [0.1, 0.15) is 52.7 Å². The van der Waals surface area contributed by atoms with Crippen LogP contribution in [-0.4, -0.2) is 28.0 Å². The van der Waals surface area contributed by atoms with Crippen LogP contribution in [0.25, 0.3) is 0 Å². The summed E-state index contributed by atoms with van der Waals surface area (Å²) in [6.07, 6.45) is 1.33. The Hall–Kier alpha value is -3.42. The number of carbonyl (C=O) groups excluding carboxylic acids is 2. The van der Waals surface area contributed by atoms with Crippen molar-refractivity contribution in [2.45, 2.75) is 40.5 Å². The molecule has 3 aromatic rings. The zero-order valence-corrected chi connectivity index (χ0v) is 20.8. The van der Waals surface area contributed by atoms with Crippen molar-refractivity contribution < 1.29 is 19.4 Å². The number of ether oxygens (including phenoxy) is 1. The number of pyridine rings is 1. The van der Waals surface area contributed by atoms with Crippen LogP contribution >= 0.6 is 11.6 Å². The first-order valence-electron chi connectivity index (χ1n) is 11.2. The molecule has 0 bridgehead atoms. The third-order valence-electron chi connectivity index (χ3n) is 5.29. The molecule has 7 nitrogen and oxygen atoms in total. The predicted octanol–water partition coefficient (Wildman–Crippen LogP) is 4.23. The van der Waals surface area contributed by atoms with E-state index in [0.29, 0.717) is 5.02 Å². The SMILES string of the molecule is CC(C)(C)C(=O)c1cn(CCO)c(C(=O)NCc2cccc(Cl)c2)c(OCc2ccccc2)c1=O. The summed E-state index contributed by atoms with van der Waals surface area (Å²) in [6.45, 7) is 5.00. The number of hydrogen-bond acceptors (Lipinski definition) is 5. The molecule has 0 aliphatic carbocycles. The molecule has 35 heavy (non-hydrogen) atoms. The second-order valence-electron chi connectivity index (χ2n) is 9.13. The van der Waals surface area contributed by atoms with Crippen LogP contribution < -0.4 is 15.5 Å². The molecule has 0 atom stereocenters. The van der Waals surface area contributed by atoms with E-state index in [1.165, 1.54) is 10.8 Å². The minimum absolute atomic E-state index is 0.00762. The number of benzene rings is 2. The fourth-order valence-electron chi connectivity index (χ4n) is 3.50. The molecule has 0 aliphatic rings. The Morgan fingerprint density at radius 3 is 2.37 bits per heavy atom. The van der Waals surface area contributed by atoms with Gasteiger partial charge in [-0.2, -0.15) is 0 Å². The predicted molar refractivity (Wildman–Crippen MR) is 135 cm³/mol. The second kappa shape index (κ2) is 11.3. The Labute approximate surface area is 209 Å². The van der Waals surface area contributed by atoms with Gasteiger partial charge >= 0.3 is 0 Å². The van der Waals surface area contributed by atoms with Crippen LogP contribution in [0.3, 0.4) is 0 Å². The van der Waals surface area contributed by atoms with Crippen LogP contribution in [0.4, 0.5) is 0 Å². The van der Waals surface area contributed by atoms with Crippen LogP contribution in [0.2, 0.25) is 5.02 Å². The summed E-state index contributed by atoms with van der Waals surface area (Å²) < 4.78 is 7.28. The highest BCUT2D eigenvalue weighted by atomic mass is 35.5. The maximum absolute atomic E-state index is 13.5. The molecule has 0 spiro atoms. The van der Waals surface area contributed by atoms with E-state index in [9.17, 15) is 19.5 Å². The number of aromatic nitrogens is 1. The number of halogens is 1. The van der Waals surface area contributed by atoms with E-state index in [2.05, 4.69) is 5.32 Å². The monoisotopic (exact) mass is 496 g/mol. The zero-order chi connectivity index (χ0) is 25.6. The minimum Gasteiger partial charge on any atom is -0.483 e. The molecule has 0 radical (unpaired) electrons. The lowest BCUT2D eigenvalue weighted by Crippen LogP contribution is -2.34. The number of ketones is 1. The van der Waals surface area contributed by atoms with Gasteiger partial charge in [-0.15, -0.1) is 0 Å². The lowest BCUT2D eigenvalue weighted by molar-refractivity contribution is 0.0851. The number of Topliss-reactive ketones (excluding diaryl/α,β-unsaturated/α-hetero) is 1. The maximum atomic E-state index is 13.5. The third-order valence-corrected chi connectivity index (χ3v) is 5.52. The van der Waals surface area contributed by atoms with Gasteiger partial charge in [-0.25, -0.2) is 0 Å². The number of nitrogens with zero attached hydrogens (tertiary/aromatic N) is 1. The number of hydrogen-bond donors (Lipinski definition) is 2. The molecular formula is C27H29ClN2O5. The molecule has 0 aliphatic heterocycles. The quantitative estimate of drug-likeness (QED) is 0.432. The van der Waals surface area contributed by atoms with E-state index in [0.717, 1.165) is 11.1 Å². The summed E-state index contributed by atoms with van der Waals surface area (Å²) in [6, 6.07) is 16.2. The zero-order valence-electron chi connectivity index (χ0n) is 20.0. The minimum atomic E-state index is -0.830. The normalized spacial score (nSPS) is 11.2. The van der Waals surface area contributed by atoms with Gasteiger partial charge in [0.15, 0.2) is 17.2 Å². The molecule has 1 aromatic heterocycles. The second-order valence-corrected chi connectivity index (χ2v) is 9.57. The van der Waals surface area contributed by atoms with Crippen molar-refractivity contribution in [2.24, 2.45) is 5.41 Å². The molecule has 1 amide bonds. The summed E-state index contributed by atoms with van der Waals surface area (Å²) >= 11 is 6.04. The Morgan fingerprint density at radius 2 is 1.74 bits per heavy atom. The van der Waals surface area contributed by atoms with Crippen molar-refractivity contribution in [3.8, 4) is 5.75 Å². The Kier molecular flexibility index (Phi) is 8.48. The first-order valence-corrected chi connectivity index (χ1v) is 11.6. The largest absolute Gasteiger partial charge is 0.483 e. The number of nitrogens with one attached hydrogen (secondary N) is 1. The maximum Gasteiger partial charge on any atom is 0.272 e. The Balaban J connectivity index is 2.07. The average Bonchev–Trinajstić information content (AvgIpc) is 2.82. The lowest BCUT2D eigenvalue weighted by Gasteiger charge is -2.21. The number of aliphatic hydroxyl groups excluding tert-OH is 1. The van der Waals surface area contributed by atoms with Crippen LogP contribution in [0, 0.1) is 5.41 Å². The van der Waals surface area contributed by atoms with E-state index in [1.54, 1.807) is 39.0 Å². The van der Waals surface area contributed by atoms with Gasteiger partial charge in [0.05, 0.1) is 12.2 Å². The number of rotatable bonds is 9. The van der Waals surface area contributed by atoms with Crippen LogP contribution in [0.5, 0.6) is 5.75 Å². The van der Waals surface area contributed by atoms with E-state index in [4.69, 9.17) is 16.3 Å². The summed E-state index contributed by atoms with van der Waals surface area (Å²) in [5.41, 5.74) is -0.0917. The molecule has 2 aromatic carbocycles. The fourth-order valence-corrected chi connectivity index (χ4v) is 3.71. The summed E-state index contributed by atoms with van der Waals surface area (Å²) in [5, 5.41) is 13.0. The van der Waals surface area contributed by atoms with Gasteiger partial charge in [-0.3, -0.25) is 14.4 Å². The van der Waals surface area contributed by atoms with Crippen molar-refractivity contribution in [3.63, 3.8) is 0 Å². The van der Waals surface area contributed by atoms with Gasteiger partial charge < -0.3 is 19.7 Å². The van der Waals surface area contributed by atoms with Gasteiger partial charge in [0, 0.05) is 29.7 Å². The topological polar surface area (TPSA) is 97.6 Å². The van der Waals surface area contributed by atoms with Gasteiger partial charge in [0.2, 0.25) is 5.43 Å². The summed E-state index contributed by atoms with van der Waals surface area (Å²) in [5.74, 6) is -1.20. The molecule has 0 saturated heterocycles. The molecule has 1 heterocycles. The highest BCUT2D eigenvalue weighted by Gasteiger charge is 2.30. The fraction of sp³-hybridized carbons (Fsp3) is 0.296. The Morgan fingerprint density at radius 1 is 1.06 bits per heavy atom. The van der Waals surface area contributed by atoms with Crippen molar-refractivity contribution in [1.82, 2.24) is 9.88 Å². The van der Waals surface area contributed by atoms with E-state index < -0.39 is 16.8 Å². The molecule has 0 unspecified atom stereocenters. The molecule has 2 N–H and O–H groups in total. The smallest absolute Gasteiger partial charge is 0.272 e. The van der Waals surface area contributed by atoms with E-state index in [1.807, 2.05) is 36.4 Å². The first kappa shape index (κ1) is 26.2. The van der Waals surface area contributed by atoms with Crippen molar-refractivity contribution >= 4 is 23.3 Å². The average molecular weight is 497 g/mol. The first-order chi connectivity index (χ1) is 16.6. The van der Waals surface area contributed by atoms with Gasteiger partial charge in [-0.05, 0) is 23.3 Å². The van der Waals surface area contributed by atoms with Crippen molar-refractivity contribution in [3.05, 3.63) is 98.4 Å². The molecule has 0 saturated carbocycles.